The van der Waals surface area contributed by atoms with Crippen molar-refractivity contribution in [2.75, 3.05) is 12.3 Å². The van der Waals surface area contributed by atoms with Crippen molar-refractivity contribution in [3.05, 3.63) is 0 Å². The quantitative estimate of drug-likeness (QED) is 0.663. The van der Waals surface area contributed by atoms with Gasteiger partial charge in [0.2, 0.25) is 0 Å². The van der Waals surface area contributed by atoms with Gasteiger partial charge in [-0.15, -0.1) is 0 Å². The normalized spacial score (nSPS) is 11.6. The predicted molar refractivity (Wildman–Crippen MR) is 46.0 cm³/mol. The van der Waals surface area contributed by atoms with Crippen molar-refractivity contribution >= 4 is 16.9 Å². The molecule has 0 aliphatic carbocycles. The molecule has 0 saturated carbocycles. The third-order valence-corrected chi connectivity index (χ3v) is 2.28. The van der Waals surface area contributed by atoms with Crippen LogP contribution in [-0.2, 0) is 4.79 Å². The number of carbonyl (C=O) groups is 1. The Morgan fingerprint density at radius 3 is 2.30 bits per heavy atom. The Balaban J connectivity index is 3.64. The van der Waals surface area contributed by atoms with Gasteiger partial charge in [-0.1, -0.05) is 32.5 Å². The van der Waals surface area contributed by atoms with Gasteiger partial charge in [0.1, 0.15) is 0 Å². The molecule has 0 heterocycles. The first-order valence-electron chi connectivity index (χ1n) is 3.36. The van der Waals surface area contributed by atoms with Gasteiger partial charge in [0.25, 0.3) is 0 Å². The summed E-state index contributed by atoms with van der Waals surface area (Å²) in [7, 11) is 0. The maximum Gasteiger partial charge on any atom is 0.194 e. The van der Waals surface area contributed by atoms with Crippen molar-refractivity contribution in [1.29, 1.82) is 0 Å². The van der Waals surface area contributed by atoms with Crippen LogP contribution in [0.5, 0.6) is 0 Å². The Hall–Kier alpha value is -0.0200. The molecule has 0 aromatic carbocycles. The van der Waals surface area contributed by atoms with E-state index in [2.05, 4.69) is 0 Å². The first kappa shape index (κ1) is 9.98. The van der Waals surface area contributed by atoms with Crippen LogP contribution in [0.2, 0.25) is 0 Å². The lowest BCUT2D eigenvalue weighted by atomic mass is 10.00. The van der Waals surface area contributed by atoms with Gasteiger partial charge in [-0.3, -0.25) is 4.79 Å². The third kappa shape index (κ3) is 3.90. The fraction of sp³-hybridized carbons (Fsp3) is 0.857. The number of carbonyl (C=O) groups excluding carboxylic acids is 1. The van der Waals surface area contributed by atoms with Gasteiger partial charge in [-0.25, -0.2) is 0 Å². The molecule has 0 unspecified atom stereocenters. The molecule has 10 heavy (non-hydrogen) atoms. The van der Waals surface area contributed by atoms with E-state index in [1.807, 2.05) is 20.8 Å². The van der Waals surface area contributed by atoms with Crippen molar-refractivity contribution in [2.24, 2.45) is 11.1 Å². The molecule has 0 fully saturated rings. The smallest absolute Gasteiger partial charge is 0.194 e. The Morgan fingerprint density at radius 1 is 1.50 bits per heavy atom. The molecule has 0 spiro atoms. The monoisotopic (exact) mass is 161 g/mol. The molecule has 0 rings (SSSR count). The van der Waals surface area contributed by atoms with E-state index in [4.69, 9.17) is 5.73 Å². The van der Waals surface area contributed by atoms with E-state index in [9.17, 15) is 4.79 Å². The Morgan fingerprint density at radius 2 is 2.00 bits per heavy atom. The minimum Gasteiger partial charge on any atom is -0.330 e. The highest BCUT2D eigenvalue weighted by molar-refractivity contribution is 8.13. The molecule has 2 N–H and O–H groups in total. The number of thioether (sulfide) groups is 1. The van der Waals surface area contributed by atoms with Crippen molar-refractivity contribution in [2.45, 2.75) is 20.8 Å². The van der Waals surface area contributed by atoms with Gasteiger partial charge in [-0.2, -0.15) is 0 Å². The molecule has 0 saturated heterocycles. The highest BCUT2D eigenvalue weighted by Gasteiger charge is 2.20. The number of hydrogen-bond donors (Lipinski definition) is 1. The largest absolute Gasteiger partial charge is 0.330 e. The summed E-state index contributed by atoms with van der Waals surface area (Å²) >= 11 is 1.32. The average Bonchev–Trinajstić information content (AvgIpc) is 1.80. The lowest BCUT2D eigenvalue weighted by Crippen LogP contribution is -2.18. The lowest BCUT2D eigenvalue weighted by molar-refractivity contribution is -0.117. The van der Waals surface area contributed by atoms with Gasteiger partial charge < -0.3 is 5.73 Å². The summed E-state index contributed by atoms with van der Waals surface area (Å²) in [5.41, 5.74) is 5.02. The summed E-state index contributed by atoms with van der Waals surface area (Å²) < 4.78 is 0. The summed E-state index contributed by atoms with van der Waals surface area (Å²) in [5.74, 6) is 0.732. The fourth-order valence-corrected chi connectivity index (χ4v) is 1.10. The average molecular weight is 161 g/mol. The first-order chi connectivity index (χ1) is 4.48. The summed E-state index contributed by atoms with van der Waals surface area (Å²) in [6, 6.07) is 0. The topological polar surface area (TPSA) is 43.1 Å². The number of hydrogen-bond acceptors (Lipinski definition) is 3. The van der Waals surface area contributed by atoms with Crippen LogP contribution in [0, 0.1) is 5.41 Å². The van der Waals surface area contributed by atoms with Crippen molar-refractivity contribution in [3.8, 4) is 0 Å². The highest BCUT2D eigenvalue weighted by atomic mass is 32.2. The van der Waals surface area contributed by atoms with Crippen LogP contribution in [0.4, 0.5) is 0 Å². The van der Waals surface area contributed by atoms with Gasteiger partial charge in [0, 0.05) is 17.7 Å². The van der Waals surface area contributed by atoms with Crippen LogP contribution in [0.1, 0.15) is 20.8 Å². The van der Waals surface area contributed by atoms with Gasteiger partial charge in [-0.05, 0) is 0 Å². The van der Waals surface area contributed by atoms with E-state index in [0.29, 0.717) is 6.54 Å². The van der Waals surface area contributed by atoms with Crippen molar-refractivity contribution in [3.63, 3.8) is 0 Å². The minimum absolute atomic E-state index is 0.220. The van der Waals surface area contributed by atoms with Gasteiger partial charge in [0.05, 0.1) is 0 Å². The molecule has 0 aromatic rings. The molecular formula is C7H15NOS. The van der Waals surface area contributed by atoms with Crippen LogP contribution in [0.25, 0.3) is 0 Å². The molecule has 0 atom stereocenters. The lowest BCUT2D eigenvalue weighted by Gasteiger charge is -2.14. The minimum atomic E-state index is -0.222. The molecule has 2 nitrogen and oxygen atoms in total. The van der Waals surface area contributed by atoms with Crippen LogP contribution in [-0.4, -0.2) is 17.4 Å². The van der Waals surface area contributed by atoms with E-state index >= 15 is 0 Å². The summed E-state index contributed by atoms with van der Waals surface area (Å²) in [6.45, 7) is 6.32. The maximum absolute atomic E-state index is 11.1. The molecule has 60 valence electrons. The molecule has 0 amide bonds. The van der Waals surface area contributed by atoms with E-state index in [-0.39, 0.29) is 10.5 Å². The molecule has 0 bridgehead atoms. The first-order valence-corrected chi connectivity index (χ1v) is 4.34. The molecule has 0 radical (unpaired) electrons. The number of rotatable bonds is 2. The zero-order chi connectivity index (χ0) is 8.20. The predicted octanol–water partition coefficient (Wildman–Crippen LogP) is 1.25. The summed E-state index contributed by atoms with van der Waals surface area (Å²) in [6.07, 6.45) is 0. The molecule has 0 aromatic heterocycles. The second-order valence-electron chi connectivity index (χ2n) is 3.17. The van der Waals surface area contributed by atoms with Gasteiger partial charge in [0.15, 0.2) is 5.12 Å². The molecule has 0 aliphatic heterocycles. The second kappa shape index (κ2) is 3.98. The maximum atomic E-state index is 11.1. The van der Waals surface area contributed by atoms with Gasteiger partial charge >= 0.3 is 0 Å². The fourth-order valence-electron chi connectivity index (χ4n) is 0.368. The van der Waals surface area contributed by atoms with Crippen molar-refractivity contribution in [1.82, 2.24) is 0 Å². The summed E-state index contributed by atoms with van der Waals surface area (Å²) in [5, 5.41) is 0.220. The molecule has 0 aliphatic rings. The standard InChI is InChI=1S/C7H15NOS/c1-7(2,3)6(9)10-5-4-8/h4-5,8H2,1-3H3. The zero-order valence-electron chi connectivity index (χ0n) is 6.81. The Bertz CT molecular complexity index is 117. The third-order valence-electron chi connectivity index (χ3n) is 0.963. The molecular weight excluding hydrogens is 146 g/mol. The van der Waals surface area contributed by atoms with Crippen LogP contribution in [0.15, 0.2) is 0 Å². The van der Waals surface area contributed by atoms with Crippen LogP contribution < -0.4 is 5.73 Å². The molecule has 3 heteroatoms. The SMILES string of the molecule is CC(C)(C)C(=O)SCCN. The summed E-state index contributed by atoms with van der Waals surface area (Å²) in [4.78, 5) is 11.1. The van der Waals surface area contributed by atoms with E-state index in [1.54, 1.807) is 0 Å². The Kier molecular flexibility index (Phi) is 3.98. The number of nitrogens with two attached hydrogens (primary N) is 1. The van der Waals surface area contributed by atoms with E-state index in [1.165, 1.54) is 11.8 Å². The van der Waals surface area contributed by atoms with Crippen molar-refractivity contribution < 1.29 is 4.79 Å². The van der Waals surface area contributed by atoms with E-state index in [0.717, 1.165) is 5.75 Å². The Labute approximate surface area is 66.6 Å². The highest BCUT2D eigenvalue weighted by Crippen LogP contribution is 2.21. The van der Waals surface area contributed by atoms with E-state index < -0.39 is 0 Å². The second-order valence-corrected chi connectivity index (χ2v) is 4.24. The zero-order valence-corrected chi connectivity index (χ0v) is 7.62. The van der Waals surface area contributed by atoms with Crippen LogP contribution in [0.3, 0.4) is 0 Å². The van der Waals surface area contributed by atoms with Crippen LogP contribution >= 0.6 is 11.8 Å².